The second kappa shape index (κ2) is 5.80. The number of nitrogens with zero attached hydrogens (tertiary/aromatic N) is 2. The van der Waals surface area contributed by atoms with E-state index < -0.39 is 0 Å². The summed E-state index contributed by atoms with van der Waals surface area (Å²) in [6.45, 7) is 3.69. The molecule has 3 rings (SSSR count). The van der Waals surface area contributed by atoms with Gasteiger partial charge >= 0.3 is 0 Å². The molecule has 0 radical (unpaired) electrons. The molecule has 0 aliphatic rings. The molecule has 0 spiro atoms. The summed E-state index contributed by atoms with van der Waals surface area (Å²) >= 11 is 0. The second-order valence-corrected chi connectivity index (χ2v) is 4.97. The Morgan fingerprint density at radius 3 is 2.85 bits per heavy atom. The zero-order chi connectivity index (χ0) is 13.8. The normalized spacial score (nSPS) is 10.8. The zero-order valence-corrected chi connectivity index (χ0v) is 11.5. The molecule has 3 heteroatoms. The van der Waals surface area contributed by atoms with Crippen molar-refractivity contribution in [3.05, 3.63) is 71.7 Å². The molecule has 0 fully saturated rings. The van der Waals surface area contributed by atoms with Crippen LogP contribution in [0.1, 0.15) is 16.7 Å². The van der Waals surface area contributed by atoms with E-state index in [9.17, 15) is 0 Å². The number of rotatable bonds is 4. The van der Waals surface area contributed by atoms with Crippen LogP contribution >= 0.6 is 0 Å². The highest BCUT2D eigenvalue weighted by atomic mass is 14.9. The maximum Gasteiger partial charge on any atom is 0.0746 e. The Morgan fingerprint density at radius 2 is 1.95 bits per heavy atom. The monoisotopic (exact) mass is 263 g/mol. The van der Waals surface area contributed by atoms with Crippen LogP contribution in [0.5, 0.6) is 0 Å². The Hall–Kier alpha value is -2.26. The Kier molecular flexibility index (Phi) is 3.70. The molecule has 3 nitrogen and oxygen atoms in total. The fourth-order valence-corrected chi connectivity index (χ4v) is 2.37. The molecule has 2 aromatic heterocycles. The number of pyridine rings is 2. The number of para-hydroxylation sites is 1. The minimum atomic E-state index is 0.808. The molecular weight excluding hydrogens is 246 g/mol. The van der Waals surface area contributed by atoms with Crippen LogP contribution in [0, 0.1) is 6.92 Å². The van der Waals surface area contributed by atoms with E-state index >= 15 is 0 Å². The van der Waals surface area contributed by atoms with E-state index in [1.54, 1.807) is 0 Å². The smallest absolute Gasteiger partial charge is 0.0746 e. The lowest BCUT2D eigenvalue weighted by Gasteiger charge is -2.08. The van der Waals surface area contributed by atoms with Crippen LogP contribution in [0.25, 0.3) is 10.9 Å². The lowest BCUT2D eigenvalue weighted by atomic mass is 10.1. The van der Waals surface area contributed by atoms with Crippen molar-refractivity contribution < 1.29 is 0 Å². The van der Waals surface area contributed by atoms with E-state index in [1.807, 2.05) is 24.7 Å². The third kappa shape index (κ3) is 2.83. The van der Waals surface area contributed by atoms with Gasteiger partial charge in [0.25, 0.3) is 0 Å². The van der Waals surface area contributed by atoms with Gasteiger partial charge < -0.3 is 5.32 Å². The molecule has 1 aromatic carbocycles. The number of hydrogen-bond donors (Lipinski definition) is 1. The molecule has 0 atom stereocenters. The minimum absolute atomic E-state index is 0.808. The van der Waals surface area contributed by atoms with Gasteiger partial charge in [-0.3, -0.25) is 9.97 Å². The number of hydrogen-bond acceptors (Lipinski definition) is 3. The van der Waals surface area contributed by atoms with Gasteiger partial charge in [-0.05, 0) is 29.7 Å². The maximum absolute atomic E-state index is 4.47. The largest absolute Gasteiger partial charge is 0.308 e. The average Bonchev–Trinajstić information content (AvgIpc) is 2.48. The van der Waals surface area contributed by atoms with Gasteiger partial charge in [0.2, 0.25) is 0 Å². The Labute approximate surface area is 118 Å². The van der Waals surface area contributed by atoms with Crippen molar-refractivity contribution in [3.8, 4) is 0 Å². The van der Waals surface area contributed by atoms with E-state index in [-0.39, 0.29) is 0 Å². The molecule has 0 amide bonds. The first-order valence-electron chi connectivity index (χ1n) is 6.77. The number of benzene rings is 1. The summed E-state index contributed by atoms with van der Waals surface area (Å²) in [6, 6.07) is 12.5. The van der Waals surface area contributed by atoms with E-state index in [0.717, 1.165) is 18.6 Å². The van der Waals surface area contributed by atoms with Gasteiger partial charge in [-0.25, -0.2) is 0 Å². The van der Waals surface area contributed by atoms with Crippen molar-refractivity contribution in [2.45, 2.75) is 20.0 Å². The van der Waals surface area contributed by atoms with Crippen molar-refractivity contribution in [1.29, 1.82) is 0 Å². The molecule has 1 N–H and O–H groups in total. The highest BCUT2D eigenvalue weighted by molar-refractivity contribution is 5.81. The van der Waals surface area contributed by atoms with Crippen LogP contribution in [-0.2, 0) is 13.1 Å². The SMILES string of the molecule is Cc1cncc(CNCc2cccc3cccnc23)c1. The summed E-state index contributed by atoms with van der Waals surface area (Å²) in [5.41, 5.74) is 4.70. The molecule has 0 aliphatic heterocycles. The quantitative estimate of drug-likeness (QED) is 0.785. The predicted octanol–water partition coefficient (Wildman–Crippen LogP) is 3.23. The molecule has 0 saturated carbocycles. The summed E-state index contributed by atoms with van der Waals surface area (Å²) in [4.78, 5) is 8.68. The molecule has 0 unspecified atom stereocenters. The number of fused-ring (bicyclic) bond motifs is 1. The van der Waals surface area contributed by atoms with Crippen LogP contribution in [-0.4, -0.2) is 9.97 Å². The van der Waals surface area contributed by atoms with Crippen LogP contribution in [0.15, 0.2) is 55.0 Å². The summed E-state index contributed by atoms with van der Waals surface area (Å²) in [7, 11) is 0. The van der Waals surface area contributed by atoms with Crippen LogP contribution in [0.2, 0.25) is 0 Å². The first-order chi connectivity index (χ1) is 9.83. The van der Waals surface area contributed by atoms with Gasteiger partial charge in [0.05, 0.1) is 5.52 Å². The lowest BCUT2D eigenvalue weighted by Crippen LogP contribution is -2.13. The minimum Gasteiger partial charge on any atom is -0.308 e. The Morgan fingerprint density at radius 1 is 1.05 bits per heavy atom. The molecule has 20 heavy (non-hydrogen) atoms. The molecule has 0 saturated heterocycles. The summed E-state index contributed by atoms with van der Waals surface area (Å²) in [5.74, 6) is 0. The summed E-state index contributed by atoms with van der Waals surface area (Å²) in [6.07, 6.45) is 5.62. The van der Waals surface area contributed by atoms with Crippen molar-refractivity contribution in [2.24, 2.45) is 0 Å². The third-order valence-electron chi connectivity index (χ3n) is 3.29. The van der Waals surface area contributed by atoms with Crippen molar-refractivity contribution in [3.63, 3.8) is 0 Å². The van der Waals surface area contributed by atoms with Gasteiger partial charge in [0, 0.05) is 37.1 Å². The van der Waals surface area contributed by atoms with E-state index in [1.165, 1.54) is 22.1 Å². The number of nitrogens with one attached hydrogen (secondary N) is 1. The van der Waals surface area contributed by atoms with Gasteiger partial charge in [0.15, 0.2) is 0 Å². The van der Waals surface area contributed by atoms with Gasteiger partial charge in [0.1, 0.15) is 0 Å². The van der Waals surface area contributed by atoms with Crippen LogP contribution in [0.4, 0.5) is 0 Å². The summed E-state index contributed by atoms with van der Waals surface area (Å²) < 4.78 is 0. The Balaban J connectivity index is 1.71. The third-order valence-corrected chi connectivity index (χ3v) is 3.29. The van der Waals surface area contributed by atoms with Crippen molar-refractivity contribution in [1.82, 2.24) is 15.3 Å². The number of aryl methyl sites for hydroxylation is 1. The standard InChI is InChI=1S/C17H17N3/c1-13-8-14(10-18-9-13)11-19-12-16-5-2-4-15-6-3-7-20-17(15)16/h2-10,19H,11-12H2,1H3. The zero-order valence-electron chi connectivity index (χ0n) is 11.5. The molecular formula is C17H17N3. The van der Waals surface area contributed by atoms with Crippen molar-refractivity contribution >= 4 is 10.9 Å². The fourth-order valence-electron chi connectivity index (χ4n) is 2.37. The van der Waals surface area contributed by atoms with Crippen LogP contribution < -0.4 is 5.32 Å². The van der Waals surface area contributed by atoms with Crippen molar-refractivity contribution in [2.75, 3.05) is 0 Å². The average molecular weight is 263 g/mol. The van der Waals surface area contributed by atoms with E-state index in [2.05, 4.69) is 52.5 Å². The first kappa shape index (κ1) is 12.8. The summed E-state index contributed by atoms with van der Waals surface area (Å²) in [5, 5.41) is 4.64. The predicted molar refractivity (Wildman–Crippen MR) is 81.3 cm³/mol. The molecule has 0 aliphatic carbocycles. The Bertz CT molecular complexity index is 717. The highest BCUT2D eigenvalue weighted by Gasteiger charge is 2.01. The topological polar surface area (TPSA) is 37.8 Å². The number of aromatic nitrogens is 2. The van der Waals surface area contributed by atoms with Gasteiger partial charge in [-0.15, -0.1) is 0 Å². The molecule has 3 aromatic rings. The first-order valence-corrected chi connectivity index (χ1v) is 6.77. The highest BCUT2D eigenvalue weighted by Crippen LogP contribution is 2.15. The molecule has 0 bridgehead atoms. The lowest BCUT2D eigenvalue weighted by molar-refractivity contribution is 0.693. The molecule has 2 heterocycles. The van der Waals surface area contributed by atoms with Crippen LogP contribution in [0.3, 0.4) is 0 Å². The van der Waals surface area contributed by atoms with Gasteiger partial charge in [-0.1, -0.05) is 30.3 Å². The maximum atomic E-state index is 4.47. The molecule has 100 valence electrons. The van der Waals surface area contributed by atoms with E-state index in [4.69, 9.17) is 0 Å². The fraction of sp³-hybridized carbons (Fsp3) is 0.176. The van der Waals surface area contributed by atoms with E-state index in [0.29, 0.717) is 0 Å². The second-order valence-electron chi connectivity index (χ2n) is 4.97. The van der Waals surface area contributed by atoms with Gasteiger partial charge in [-0.2, -0.15) is 0 Å².